The normalized spacial score (nSPS) is 12.0. The van der Waals surface area contributed by atoms with Gasteiger partial charge < -0.3 is 14.6 Å². The third-order valence-electron chi connectivity index (χ3n) is 2.97. The van der Waals surface area contributed by atoms with E-state index in [9.17, 15) is 9.50 Å². The predicted molar refractivity (Wildman–Crippen MR) is 79.1 cm³/mol. The molecule has 2 rings (SSSR count). The van der Waals surface area contributed by atoms with Crippen LogP contribution in [-0.4, -0.2) is 18.3 Å². The van der Waals surface area contributed by atoms with Gasteiger partial charge in [-0.2, -0.15) is 0 Å². The third kappa shape index (κ3) is 4.20. The Morgan fingerprint density at radius 2 is 1.62 bits per heavy atom. The summed E-state index contributed by atoms with van der Waals surface area (Å²) < 4.78 is 24.7. The van der Waals surface area contributed by atoms with Crippen LogP contribution in [0.1, 0.15) is 25.0 Å². The zero-order valence-corrected chi connectivity index (χ0v) is 12.0. The molecule has 3 nitrogen and oxygen atoms in total. The van der Waals surface area contributed by atoms with Gasteiger partial charge in [0.2, 0.25) is 0 Å². The maximum absolute atomic E-state index is 13.6. The first kappa shape index (κ1) is 15.3. The Labute approximate surface area is 124 Å². The third-order valence-corrected chi connectivity index (χ3v) is 2.97. The van der Waals surface area contributed by atoms with Gasteiger partial charge in [-0.15, -0.1) is 0 Å². The predicted octanol–water partition coefficient (Wildman–Crippen LogP) is 3.73. The number of hydrogen-bond donors (Lipinski definition) is 1. The summed E-state index contributed by atoms with van der Waals surface area (Å²) in [6.45, 7) is 2.58. The molecule has 0 radical (unpaired) electrons. The van der Waals surface area contributed by atoms with E-state index in [0.717, 1.165) is 6.42 Å². The SMILES string of the molecule is CCCOc1ccccc1OCC(O)c1ccccc1F. The first-order valence-electron chi connectivity index (χ1n) is 6.99. The smallest absolute Gasteiger partial charge is 0.161 e. The zero-order chi connectivity index (χ0) is 15.1. The summed E-state index contributed by atoms with van der Waals surface area (Å²) in [7, 11) is 0. The molecule has 112 valence electrons. The molecule has 0 amide bonds. The molecule has 0 saturated carbocycles. The summed E-state index contributed by atoms with van der Waals surface area (Å²) in [6, 6.07) is 13.4. The van der Waals surface area contributed by atoms with Crippen molar-refractivity contribution in [1.29, 1.82) is 0 Å². The van der Waals surface area contributed by atoms with Gasteiger partial charge in [0.1, 0.15) is 18.5 Å². The topological polar surface area (TPSA) is 38.7 Å². The summed E-state index contributed by atoms with van der Waals surface area (Å²) in [5.74, 6) is 0.727. The summed E-state index contributed by atoms with van der Waals surface area (Å²) in [5.41, 5.74) is 0.226. The minimum atomic E-state index is -1.02. The molecule has 1 unspecified atom stereocenters. The van der Waals surface area contributed by atoms with Gasteiger partial charge in [0.05, 0.1) is 6.61 Å². The fourth-order valence-corrected chi connectivity index (χ4v) is 1.90. The van der Waals surface area contributed by atoms with E-state index in [2.05, 4.69) is 0 Å². The molecule has 0 spiro atoms. The van der Waals surface area contributed by atoms with E-state index >= 15 is 0 Å². The highest BCUT2D eigenvalue weighted by atomic mass is 19.1. The van der Waals surface area contributed by atoms with Gasteiger partial charge in [0.15, 0.2) is 11.5 Å². The molecule has 0 bridgehead atoms. The number of aliphatic hydroxyl groups is 1. The average molecular weight is 290 g/mol. The van der Waals surface area contributed by atoms with Crippen LogP contribution in [0.4, 0.5) is 4.39 Å². The van der Waals surface area contributed by atoms with E-state index in [1.54, 1.807) is 30.3 Å². The lowest BCUT2D eigenvalue weighted by atomic mass is 10.1. The molecular weight excluding hydrogens is 271 g/mol. The van der Waals surface area contributed by atoms with Gasteiger partial charge in [0, 0.05) is 5.56 Å². The van der Waals surface area contributed by atoms with Crippen LogP contribution in [0.25, 0.3) is 0 Å². The maximum atomic E-state index is 13.6. The Kier molecular flexibility index (Phi) is 5.58. The Balaban J connectivity index is 2.01. The van der Waals surface area contributed by atoms with Crippen molar-refractivity contribution in [3.05, 3.63) is 59.9 Å². The van der Waals surface area contributed by atoms with E-state index in [-0.39, 0.29) is 12.2 Å². The zero-order valence-electron chi connectivity index (χ0n) is 12.0. The van der Waals surface area contributed by atoms with Crippen molar-refractivity contribution in [3.63, 3.8) is 0 Å². The van der Waals surface area contributed by atoms with E-state index in [0.29, 0.717) is 18.1 Å². The summed E-state index contributed by atoms with van der Waals surface area (Å²) in [5, 5.41) is 10.0. The number of benzene rings is 2. The first-order valence-corrected chi connectivity index (χ1v) is 6.99. The van der Waals surface area contributed by atoms with Crippen LogP contribution in [0.2, 0.25) is 0 Å². The highest BCUT2D eigenvalue weighted by molar-refractivity contribution is 5.39. The summed E-state index contributed by atoms with van der Waals surface area (Å²) in [4.78, 5) is 0. The average Bonchev–Trinajstić information content (AvgIpc) is 2.52. The molecule has 1 atom stereocenters. The minimum absolute atomic E-state index is 0.0343. The number of halogens is 1. The van der Waals surface area contributed by atoms with Crippen molar-refractivity contribution in [2.75, 3.05) is 13.2 Å². The van der Waals surface area contributed by atoms with E-state index in [1.165, 1.54) is 6.07 Å². The fraction of sp³-hybridized carbons (Fsp3) is 0.294. The number of hydrogen-bond acceptors (Lipinski definition) is 3. The van der Waals surface area contributed by atoms with Gasteiger partial charge in [-0.25, -0.2) is 4.39 Å². The van der Waals surface area contributed by atoms with Gasteiger partial charge in [-0.3, -0.25) is 0 Å². The van der Waals surface area contributed by atoms with Gasteiger partial charge in [-0.05, 0) is 24.6 Å². The second-order valence-corrected chi connectivity index (χ2v) is 4.64. The molecule has 0 heterocycles. The number of aliphatic hydroxyl groups excluding tert-OH is 1. The van der Waals surface area contributed by atoms with Gasteiger partial charge in [0.25, 0.3) is 0 Å². The van der Waals surface area contributed by atoms with Gasteiger partial charge in [-0.1, -0.05) is 37.3 Å². The molecule has 0 aromatic heterocycles. The molecule has 0 aliphatic heterocycles. The summed E-state index contributed by atoms with van der Waals surface area (Å²) >= 11 is 0. The molecule has 1 N–H and O–H groups in total. The van der Waals surface area contributed by atoms with Crippen molar-refractivity contribution >= 4 is 0 Å². The quantitative estimate of drug-likeness (QED) is 0.844. The van der Waals surface area contributed by atoms with Crippen LogP contribution < -0.4 is 9.47 Å². The van der Waals surface area contributed by atoms with E-state index in [4.69, 9.17) is 9.47 Å². The molecular formula is C17H19FO3. The highest BCUT2D eigenvalue weighted by Crippen LogP contribution is 2.28. The first-order chi connectivity index (χ1) is 10.2. The lowest BCUT2D eigenvalue weighted by Gasteiger charge is -2.15. The number of rotatable bonds is 7. The molecule has 4 heteroatoms. The summed E-state index contributed by atoms with van der Waals surface area (Å²) in [6.07, 6.45) is -0.128. The molecule has 2 aromatic carbocycles. The van der Waals surface area contributed by atoms with Gasteiger partial charge >= 0.3 is 0 Å². The lowest BCUT2D eigenvalue weighted by Crippen LogP contribution is -2.12. The molecule has 2 aromatic rings. The molecule has 0 saturated heterocycles. The van der Waals surface area contributed by atoms with Crippen LogP contribution in [-0.2, 0) is 0 Å². The van der Waals surface area contributed by atoms with E-state index < -0.39 is 11.9 Å². The molecule has 0 aliphatic rings. The van der Waals surface area contributed by atoms with Crippen LogP contribution in [0.5, 0.6) is 11.5 Å². The Bertz CT molecular complexity index is 571. The molecule has 0 aliphatic carbocycles. The standard InChI is InChI=1S/C17H19FO3/c1-2-11-20-16-9-5-6-10-17(16)21-12-15(19)13-7-3-4-8-14(13)18/h3-10,15,19H,2,11-12H2,1H3. The Morgan fingerprint density at radius 3 is 2.29 bits per heavy atom. The van der Waals surface area contributed by atoms with Crippen LogP contribution >= 0.6 is 0 Å². The van der Waals surface area contributed by atoms with Crippen molar-refractivity contribution in [2.45, 2.75) is 19.4 Å². The van der Waals surface area contributed by atoms with Crippen molar-refractivity contribution in [2.24, 2.45) is 0 Å². The van der Waals surface area contributed by atoms with Crippen LogP contribution in [0, 0.1) is 5.82 Å². The lowest BCUT2D eigenvalue weighted by molar-refractivity contribution is 0.102. The maximum Gasteiger partial charge on any atom is 0.161 e. The second kappa shape index (κ2) is 7.64. The van der Waals surface area contributed by atoms with Crippen molar-refractivity contribution in [3.8, 4) is 11.5 Å². The monoisotopic (exact) mass is 290 g/mol. The van der Waals surface area contributed by atoms with E-state index in [1.807, 2.05) is 19.1 Å². The van der Waals surface area contributed by atoms with Crippen molar-refractivity contribution < 1.29 is 19.0 Å². The number of para-hydroxylation sites is 2. The largest absolute Gasteiger partial charge is 0.490 e. The Hall–Kier alpha value is -2.07. The number of ether oxygens (including phenoxy) is 2. The fourth-order valence-electron chi connectivity index (χ4n) is 1.90. The minimum Gasteiger partial charge on any atom is -0.490 e. The highest BCUT2D eigenvalue weighted by Gasteiger charge is 2.14. The van der Waals surface area contributed by atoms with Crippen LogP contribution in [0.3, 0.4) is 0 Å². The molecule has 21 heavy (non-hydrogen) atoms. The second-order valence-electron chi connectivity index (χ2n) is 4.64. The van der Waals surface area contributed by atoms with Crippen LogP contribution in [0.15, 0.2) is 48.5 Å². The van der Waals surface area contributed by atoms with Crippen molar-refractivity contribution in [1.82, 2.24) is 0 Å². The molecule has 0 fully saturated rings. The Morgan fingerprint density at radius 1 is 1.00 bits per heavy atom.